The first kappa shape index (κ1) is 5.76. The smallest absolute Gasteiger partial charge is 0.130 e. The first-order valence-electron chi connectivity index (χ1n) is 2.86. The minimum absolute atomic E-state index is 0.276. The highest BCUT2D eigenvalue weighted by Crippen LogP contribution is 2.13. The number of ether oxygens (including phenoxy) is 1. The second-order valence-electron chi connectivity index (χ2n) is 2.31. The van der Waals surface area contributed by atoms with Crippen molar-refractivity contribution in [3.63, 3.8) is 0 Å². The molecule has 2 nitrogen and oxygen atoms in total. The van der Waals surface area contributed by atoms with Crippen LogP contribution in [0.25, 0.3) is 0 Å². The number of Topliss-reactive ketones (excluding diaryl/α,β-unsaturated/α-hetero) is 1. The molecule has 1 fully saturated rings. The van der Waals surface area contributed by atoms with Crippen molar-refractivity contribution in [2.75, 3.05) is 13.2 Å². The number of hydrogen-bond acceptors (Lipinski definition) is 2. The molecule has 1 rings (SSSR count). The molecule has 0 aliphatic carbocycles. The van der Waals surface area contributed by atoms with Crippen LogP contribution in [0.5, 0.6) is 0 Å². The van der Waals surface area contributed by atoms with Gasteiger partial charge in [-0.3, -0.25) is 0 Å². The van der Waals surface area contributed by atoms with Crippen LogP contribution >= 0.6 is 0 Å². The first-order chi connectivity index (χ1) is 3.79. The highest BCUT2D eigenvalue weighted by atomic mass is 16.5. The van der Waals surface area contributed by atoms with E-state index in [1.165, 1.54) is 0 Å². The minimum Gasteiger partial charge on any atom is -0.381 e. The molecular weight excluding hydrogens is 104 g/mol. The SMILES string of the molecule is CC(=O)CC1COC1. The van der Waals surface area contributed by atoms with Crippen molar-refractivity contribution < 1.29 is 9.53 Å². The van der Waals surface area contributed by atoms with Crippen LogP contribution in [0.2, 0.25) is 0 Å². The van der Waals surface area contributed by atoms with Crippen molar-refractivity contribution >= 4 is 5.78 Å². The molecule has 0 saturated carbocycles. The van der Waals surface area contributed by atoms with Crippen molar-refractivity contribution in [1.82, 2.24) is 0 Å². The lowest BCUT2D eigenvalue weighted by Crippen LogP contribution is -2.28. The standard InChI is InChI=1S/C6H10O2/c1-5(7)2-6-3-8-4-6/h6H,2-4H2,1H3. The molecule has 1 saturated heterocycles. The predicted octanol–water partition coefficient (Wildman–Crippen LogP) is 0.612. The van der Waals surface area contributed by atoms with Crippen LogP contribution < -0.4 is 0 Å². The summed E-state index contributed by atoms with van der Waals surface area (Å²) < 4.78 is 4.88. The first-order valence-corrected chi connectivity index (χ1v) is 2.86. The zero-order chi connectivity index (χ0) is 5.98. The van der Waals surface area contributed by atoms with Crippen molar-refractivity contribution in [3.05, 3.63) is 0 Å². The Morgan fingerprint density at radius 1 is 1.75 bits per heavy atom. The van der Waals surface area contributed by atoms with Gasteiger partial charge in [0.1, 0.15) is 5.78 Å². The maximum atomic E-state index is 10.4. The summed E-state index contributed by atoms with van der Waals surface area (Å²) >= 11 is 0. The fourth-order valence-electron chi connectivity index (χ4n) is 0.809. The number of rotatable bonds is 2. The van der Waals surface area contributed by atoms with Crippen molar-refractivity contribution in [2.45, 2.75) is 13.3 Å². The van der Waals surface area contributed by atoms with Gasteiger partial charge in [-0.25, -0.2) is 0 Å². The van der Waals surface area contributed by atoms with Gasteiger partial charge in [0.15, 0.2) is 0 Å². The summed E-state index contributed by atoms with van der Waals surface area (Å²) in [6, 6.07) is 0. The predicted molar refractivity (Wildman–Crippen MR) is 29.6 cm³/mol. The molecule has 0 bridgehead atoms. The molecule has 0 amide bonds. The van der Waals surface area contributed by atoms with Crippen LogP contribution in [0.3, 0.4) is 0 Å². The molecule has 1 aliphatic rings. The molecule has 1 heterocycles. The molecule has 1 aliphatic heterocycles. The average Bonchev–Trinajstić information content (AvgIpc) is 1.55. The maximum Gasteiger partial charge on any atom is 0.130 e. The third kappa shape index (κ3) is 1.30. The Hall–Kier alpha value is -0.370. The Morgan fingerprint density at radius 2 is 2.38 bits per heavy atom. The molecule has 0 atom stereocenters. The Labute approximate surface area is 48.8 Å². The fraction of sp³-hybridized carbons (Fsp3) is 0.833. The molecule has 0 unspecified atom stereocenters. The van der Waals surface area contributed by atoms with Crippen molar-refractivity contribution in [2.24, 2.45) is 5.92 Å². The van der Waals surface area contributed by atoms with E-state index in [2.05, 4.69) is 0 Å². The number of ketones is 1. The van der Waals surface area contributed by atoms with Crippen molar-refractivity contribution in [1.29, 1.82) is 0 Å². The third-order valence-electron chi connectivity index (χ3n) is 1.28. The van der Waals surface area contributed by atoms with Crippen LogP contribution in [0.15, 0.2) is 0 Å². The van der Waals surface area contributed by atoms with Gasteiger partial charge in [0.05, 0.1) is 13.2 Å². The van der Waals surface area contributed by atoms with E-state index in [0.717, 1.165) is 13.2 Å². The monoisotopic (exact) mass is 114 g/mol. The Morgan fingerprint density at radius 3 is 2.50 bits per heavy atom. The van der Waals surface area contributed by atoms with Crippen LogP contribution in [0.4, 0.5) is 0 Å². The summed E-state index contributed by atoms with van der Waals surface area (Å²) in [5, 5.41) is 0. The van der Waals surface area contributed by atoms with Gasteiger partial charge in [0.25, 0.3) is 0 Å². The Kier molecular flexibility index (Phi) is 1.63. The molecule has 0 aromatic rings. The van der Waals surface area contributed by atoms with E-state index in [1.54, 1.807) is 6.92 Å². The Balaban J connectivity index is 2.09. The molecular formula is C6H10O2. The highest BCUT2D eigenvalue weighted by molar-refractivity contribution is 5.75. The van der Waals surface area contributed by atoms with E-state index >= 15 is 0 Å². The molecule has 0 aromatic heterocycles. The number of carbonyl (C=O) groups excluding carboxylic acids is 1. The van der Waals surface area contributed by atoms with Gasteiger partial charge in [-0.1, -0.05) is 0 Å². The molecule has 0 N–H and O–H groups in total. The van der Waals surface area contributed by atoms with E-state index in [0.29, 0.717) is 12.3 Å². The van der Waals surface area contributed by atoms with Gasteiger partial charge in [-0.05, 0) is 6.92 Å². The molecule has 0 radical (unpaired) electrons. The van der Waals surface area contributed by atoms with Crippen LogP contribution in [0.1, 0.15) is 13.3 Å². The summed E-state index contributed by atoms with van der Waals surface area (Å²) in [6.07, 6.45) is 0.708. The van der Waals surface area contributed by atoms with Crippen LogP contribution in [-0.2, 0) is 9.53 Å². The zero-order valence-electron chi connectivity index (χ0n) is 5.02. The fourth-order valence-corrected chi connectivity index (χ4v) is 0.809. The van der Waals surface area contributed by atoms with Gasteiger partial charge >= 0.3 is 0 Å². The van der Waals surface area contributed by atoms with E-state index in [4.69, 9.17) is 4.74 Å². The number of carbonyl (C=O) groups is 1. The lowest BCUT2D eigenvalue weighted by atomic mass is 10.0. The van der Waals surface area contributed by atoms with E-state index in [1.807, 2.05) is 0 Å². The van der Waals surface area contributed by atoms with Crippen LogP contribution in [-0.4, -0.2) is 19.0 Å². The van der Waals surface area contributed by atoms with E-state index in [9.17, 15) is 4.79 Å². The molecule has 8 heavy (non-hydrogen) atoms. The van der Waals surface area contributed by atoms with Crippen LogP contribution in [0, 0.1) is 5.92 Å². The largest absolute Gasteiger partial charge is 0.381 e. The quantitative estimate of drug-likeness (QED) is 0.525. The summed E-state index contributed by atoms with van der Waals surface area (Å²) in [6.45, 7) is 3.21. The zero-order valence-corrected chi connectivity index (χ0v) is 5.02. The average molecular weight is 114 g/mol. The lowest BCUT2D eigenvalue weighted by Gasteiger charge is -2.24. The van der Waals surface area contributed by atoms with Crippen molar-refractivity contribution in [3.8, 4) is 0 Å². The van der Waals surface area contributed by atoms with Gasteiger partial charge < -0.3 is 9.53 Å². The summed E-state index contributed by atoms with van der Waals surface area (Å²) in [7, 11) is 0. The second-order valence-corrected chi connectivity index (χ2v) is 2.31. The van der Waals surface area contributed by atoms with Gasteiger partial charge in [-0.2, -0.15) is 0 Å². The van der Waals surface area contributed by atoms with Gasteiger partial charge in [-0.15, -0.1) is 0 Å². The van der Waals surface area contributed by atoms with Gasteiger partial charge in [0, 0.05) is 12.3 Å². The highest BCUT2D eigenvalue weighted by Gasteiger charge is 2.19. The molecule has 0 spiro atoms. The summed E-state index contributed by atoms with van der Waals surface area (Å²) in [5.41, 5.74) is 0. The van der Waals surface area contributed by atoms with Gasteiger partial charge in [0.2, 0.25) is 0 Å². The second kappa shape index (κ2) is 2.27. The Bertz CT molecular complexity index is 94.7. The molecule has 0 aromatic carbocycles. The maximum absolute atomic E-state index is 10.4. The summed E-state index contributed by atoms with van der Waals surface area (Å²) in [5.74, 6) is 0.811. The topological polar surface area (TPSA) is 26.3 Å². The third-order valence-corrected chi connectivity index (χ3v) is 1.28. The lowest BCUT2D eigenvalue weighted by molar-refractivity contribution is -0.122. The van der Waals surface area contributed by atoms with E-state index in [-0.39, 0.29) is 5.78 Å². The number of hydrogen-bond donors (Lipinski definition) is 0. The molecule has 2 heteroatoms. The van der Waals surface area contributed by atoms with E-state index < -0.39 is 0 Å². The minimum atomic E-state index is 0.276. The molecule has 46 valence electrons. The summed E-state index contributed by atoms with van der Waals surface area (Å²) in [4.78, 5) is 10.4. The normalized spacial score (nSPS) is 20.1.